The van der Waals surface area contributed by atoms with E-state index < -0.39 is 35.6 Å². The van der Waals surface area contributed by atoms with Gasteiger partial charge in [-0.25, -0.2) is 4.79 Å². The van der Waals surface area contributed by atoms with Crippen LogP contribution in [0.1, 0.15) is 30.4 Å². The van der Waals surface area contributed by atoms with Crippen LogP contribution in [0.15, 0.2) is 24.3 Å². The molecule has 2 rings (SSSR count). The second-order valence-corrected chi connectivity index (χ2v) is 5.74. The zero-order chi connectivity index (χ0) is 17.9. The number of ether oxygens (including phenoxy) is 1. The number of carboxylic acid groups (broad SMARTS) is 1. The van der Waals surface area contributed by atoms with Crippen LogP contribution in [0.5, 0.6) is 0 Å². The lowest BCUT2D eigenvalue weighted by Crippen LogP contribution is -2.52. The van der Waals surface area contributed by atoms with Gasteiger partial charge in [0.25, 0.3) is 0 Å². The fourth-order valence-corrected chi connectivity index (χ4v) is 2.63. The Morgan fingerprint density at radius 1 is 1.42 bits per heavy atom. The Hall–Kier alpha value is -2.09. The molecule has 1 N–H and O–H groups in total. The molecule has 1 fully saturated rings. The monoisotopic (exact) mass is 345 g/mol. The number of benzene rings is 1. The lowest BCUT2D eigenvalue weighted by Gasteiger charge is -2.33. The maximum atomic E-state index is 12.8. The Balaban J connectivity index is 2.10. The third-order valence-corrected chi connectivity index (χ3v) is 4.00. The van der Waals surface area contributed by atoms with Crippen molar-refractivity contribution in [2.75, 3.05) is 19.8 Å². The summed E-state index contributed by atoms with van der Waals surface area (Å²) < 4.78 is 43.4. The maximum absolute atomic E-state index is 12.8. The molecule has 2 atom stereocenters. The Kier molecular flexibility index (Phi) is 5.48. The van der Waals surface area contributed by atoms with Crippen molar-refractivity contribution < 1.29 is 32.6 Å². The summed E-state index contributed by atoms with van der Waals surface area (Å²) in [5.41, 5.74) is -0.382. The van der Waals surface area contributed by atoms with Crippen molar-refractivity contribution in [2.24, 2.45) is 0 Å². The predicted molar refractivity (Wildman–Crippen MR) is 78.4 cm³/mol. The Labute approximate surface area is 137 Å². The van der Waals surface area contributed by atoms with E-state index in [0.717, 1.165) is 12.1 Å². The van der Waals surface area contributed by atoms with Gasteiger partial charge in [0.1, 0.15) is 0 Å². The van der Waals surface area contributed by atoms with E-state index in [1.165, 1.54) is 17.0 Å². The van der Waals surface area contributed by atoms with Crippen molar-refractivity contribution in [3.63, 3.8) is 0 Å². The molecule has 0 aromatic heterocycles. The second kappa shape index (κ2) is 7.21. The van der Waals surface area contributed by atoms with E-state index in [0.29, 0.717) is 5.56 Å². The number of hydrogen-bond acceptors (Lipinski definition) is 3. The van der Waals surface area contributed by atoms with Gasteiger partial charge in [-0.15, -0.1) is 0 Å². The van der Waals surface area contributed by atoms with Crippen LogP contribution in [0.4, 0.5) is 13.2 Å². The first-order valence-electron chi connectivity index (χ1n) is 7.47. The average Bonchev–Trinajstić information content (AvgIpc) is 2.54. The summed E-state index contributed by atoms with van der Waals surface area (Å²) in [6, 6.07) is 3.77. The fourth-order valence-electron chi connectivity index (χ4n) is 2.63. The van der Waals surface area contributed by atoms with Crippen LogP contribution in [0.2, 0.25) is 0 Å². The smallest absolute Gasteiger partial charge is 0.416 e. The van der Waals surface area contributed by atoms with Crippen LogP contribution >= 0.6 is 0 Å². The van der Waals surface area contributed by atoms with Gasteiger partial charge >= 0.3 is 12.1 Å². The molecule has 1 saturated heterocycles. The second-order valence-electron chi connectivity index (χ2n) is 5.74. The molecule has 1 heterocycles. The van der Waals surface area contributed by atoms with Gasteiger partial charge in [-0.3, -0.25) is 4.79 Å². The first-order chi connectivity index (χ1) is 11.2. The number of alkyl halides is 3. The van der Waals surface area contributed by atoms with Gasteiger partial charge in [0, 0.05) is 13.0 Å². The van der Waals surface area contributed by atoms with E-state index in [9.17, 15) is 22.8 Å². The standard InChI is InChI=1S/C16H18F3NO4/c1-10(11-3-2-4-12(8-11)16(17,18)19)7-14(21)20-5-6-24-9-13(20)15(22)23/h2-4,8,10,13H,5-7,9H2,1H3,(H,22,23). The highest BCUT2D eigenvalue weighted by molar-refractivity contribution is 5.84. The summed E-state index contributed by atoms with van der Waals surface area (Å²) in [4.78, 5) is 24.8. The number of carbonyl (C=O) groups is 2. The number of nitrogens with zero attached hydrogens (tertiary/aromatic N) is 1. The highest BCUT2D eigenvalue weighted by Gasteiger charge is 2.34. The van der Waals surface area contributed by atoms with Gasteiger partial charge in [-0.1, -0.05) is 25.1 Å². The molecule has 0 aliphatic carbocycles. The third-order valence-electron chi connectivity index (χ3n) is 4.00. The molecule has 1 aliphatic heterocycles. The summed E-state index contributed by atoms with van der Waals surface area (Å²) in [6.07, 6.45) is -4.51. The number of halogens is 3. The van der Waals surface area contributed by atoms with E-state index in [1.807, 2.05) is 0 Å². The molecule has 0 bridgehead atoms. The van der Waals surface area contributed by atoms with Gasteiger partial charge in [-0.05, 0) is 17.5 Å². The summed E-state index contributed by atoms with van der Waals surface area (Å²) in [6.45, 7) is 1.96. The zero-order valence-corrected chi connectivity index (χ0v) is 13.0. The molecule has 0 radical (unpaired) electrons. The number of aliphatic carboxylic acids is 1. The van der Waals surface area contributed by atoms with Crippen LogP contribution in [-0.2, 0) is 20.5 Å². The molecule has 0 saturated carbocycles. The Morgan fingerprint density at radius 2 is 2.12 bits per heavy atom. The highest BCUT2D eigenvalue weighted by Crippen LogP contribution is 2.32. The van der Waals surface area contributed by atoms with Crippen LogP contribution in [0.3, 0.4) is 0 Å². The lowest BCUT2D eigenvalue weighted by atomic mass is 9.95. The minimum absolute atomic E-state index is 0.0644. The first-order valence-corrected chi connectivity index (χ1v) is 7.47. The molecule has 132 valence electrons. The van der Waals surface area contributed by atoms with Crippen molar-refractivity contribution >= 4 is 11.9 Å². The first kappa shape index (κ1) is 18.3. The van der Waals surface area contributed by atoms with Gasteiger partial charge in [0.05, 0.1) is 18.8 Å². The van der Waals surface area contributed by atoms with Gasteiger partial charge in [0.15, 0.2) is 6.04 Å². The van der Waals surface area contributed by atoms with Gasteiger partial charge in [-0.2, -0.15) is 13.2 Å². The molecule has 1 amide bonds. The average molecular weight is 345 g/mol. The third kappa shape index (κ3) is 4.25. The predicted octanol–water partition coefficient (Wildman–Crippen LogP) is 2.51. The summed E-state index contributed by atoms with van der Waals surface area (Å²) in [5, 5.41) is 9.14. The zero-order valence-electron chi connectivity index (χ0n) is 13.0. The largest absolute Gasteiger partial charge is 0.480 e. The maximum Gasteiger partial charge on any atom is 0.416 e. The quantitative estimate of drug-likeness (QED) is 0.911. The SMILES string of the molecule is CC(CC(=O)N1CCOCC1C(=O)O)c1cccc(C(F)(F)F)c1. The van der Waals surface area contributed by atoms with Crippen LogP contribution < -0.4 is 0 Å². The molecule has 5 nitrogen and oxygen atoms in total. The topological polar surface area (TPSA) is 66.8 Å². The van der Waals surface area contributed by atoms with Crippen molar-refractivity contribution in [1.82, 2.24) is 4.90 Å². The Morgan fingerprint density at radius 3 is 2.75 bits per heavy atom. The molecular weight excluding hydrogens is 327 g/mol. The molecule has 8 heteroatoms. The molecular formula is C16H18F3NO4. The fraction of sp³-hybridized carbons (Fsp3) is 0.500. The highest BCUT2D eigenvalue weighted by atomic mass is 19.4. The summed E-state index contributed by atoms with van der Waals surface area (Å²) in [7, 11) is 0. The van der Waals surface area contributed by atoms with Crippen molar-refractivity contribution in [3.8, 4) is 0 Å². The van der Waals surface area contributed by atoms with E-state index >= 15 is 0 Å². The molecule has 24 heavy (non-hydrogen) atoms. The van der Waals surface area contributed by atoms with Crippen molar-refractivity contribution in [2.45, 2.75) is 31.5 Å². The van der Waals surface area contributed by atoms with Crippen LogP contribution in [0.25, 0.3) is 0 Å². The summed E-state index contributed by atoms with van der Waals surface area (Å²) >= 11 is 0. The molecule has 2 unspecified atom stereocenters. The van der Waals surface area contributed by atoms with Gasteiger partial charge < -0.3 is 14.7 Å². The number of carbonyl (C=O) groups excluding carboxylic acids is 1. The number of morpholine rings is 1. The van der Waals surface area contributed by atoms with Gasteiger partial charge in [0.2, 0.25) is 5.91 Å². The van der Waals surface area contributed by atoms with Crippen LogP contribution in [-0.4, -0.2) is 47.7 Å². The number of amides is 1. The number of hydrogen-bond donors (Lipinski definition) is 1. The molecule has 0 spiro atoms. The van der Waals surface area contributed by atoms with E-state index in [-0.39, 0.29) is 26.2 Å². The van der Waals surface area contributed by atoms with E-state index in [1.54, 1.807) is 6.92 Å². The summed E-state index contributed by atoms with van der Waals surface area (Å²) in [5.74, 6) is -2.03. The molecule has 1 aliphatic rings. The van der Waals surface area contributed by atoms with E-state index in [4.69, 9.17) is 9.84 Å². The van der Waals surface area contributed by atoms with Crippen LogP contribution in [0, 0.1) is 0 Å². The van der Waals surface area contributed by atoms with Crippen molar-refractivity contribution in [1.29, 1.82) is 0 Å². The Bertz CT molecular complexity index is 618. The normalized spacial score (nSPS) is 19.8. The number of rotatable bonds is 4. The molecule has 1 aromatic carbocycles. The lowest BCUT2D eigenvalue weighted by molar-refractivity contribution is -0.158. The minimum Gasteiger partial charge on any atom is -0.480 e. The minimum atomic E-state index is -4.45. The molecule has 1 aromatic rings. The number of carboxylic acids is 1. The van der Waals surface area contributed by atoms with E-state index in [2.05, 4.69) is 0 Å². The van der Waals surface area contributed by atoms with Crippen molar-refractivity contribution in [3.05, 3.63) is 35.4 Å².